The van der Waals surface area contributed by atoms with E-state index in [1.165, 1.54) is 5.56 Å². The van der Waals surface area contributed by atoms with Crippen LogP contribution in [0.25, 0.3) is 0 Å². The first-order valence-corrected chi connectivity index (χ1v) is 5.91. The van der Waals surface area contributed by atoms with Crippen LogP contribution in [0.5, 0.6) is 5.75 Å². The molecule has 0 aliphatic carbocycles. The zero-order valence-corrected chi connectivity index (χ0v) is 10.2. The molecule has 3 heteroatoms. The molecular weight excluding hydrogens is 200 g/mol. The molecule has 0 aliphatic rings. The molecule has 0 fully saturated rings. The highest BCUT2D eigenvalue weighted by molar-refractivity contribution is 5.29. The third-order valence-corrected chi connectivity index (χ3v) is 2.39. The zero-order chi connectivity index (χ0) is 11.8. The van der Waals surface area contributed by atoms with E-state index >= 15 is 0 Å². The van der Waals surface area contributed by atoms with Gasteiger partial charge >= 0.3 is 0 Å². The summed E-state index contributed by atoms with van der Waals surface area (Å²) in [6, 6.07) is 8.70. The highest BCUT2D eigenvalue weighted by Crippen LogP contribution is 2.14. The SMILES string of the molecule is CCOc1cccc(CC(C)NCCN)c1. The Balaban J connectivity index is 2.49. The van der Waals surface area contributed by atoms with Crippen LogP contribution in [-0.2, 0) is 6.42 Å². The zero-order valence-electron chi connectivity index (χ0n) is 10.2. The molecule has 0 saturated carbocycles. The van der Waals surface area contributed by atoms with Gasteiger partial charge in [0.25, 0.3) is 0 Å². The van der Waals surface area contributed by atoms with Gasteiger partial charge in [-0.05, 0) is 38.0 Å². The quantitative estimate of drug-likeness (QED) is 0.736. The average Bonchev–Trinajstić information content (AvgIpc) is 2.27. The fraction of sp³-hybridized carbons (Fsp3) is 0.538. The van der Waals surface area contributed by atoms with E-state index in [-0.39, 0.29) is 0 Å². The Bertz CT molecular complexity index is 302. The highest BCUT2D eigenvalue weighted by Gasteiger charge is 2.03. The van der Waals surface area contributed by atoms with E-state index in [0.717, 1.165) is 18.7 Å². The first-order chi connectivity index (χ1) is 7.76. The molecule has 1 unspecified atom stereocenters. The van der Waals surface area contributed by atoms with Gasteiger partial charge in [0.1, 0.15) is 5.75 Å². The van der Waals surface area contributed by atoms with Crippen molar-refractivity contribution in [2.24, 2.45) is 5.73 Å². The number of hydrogen-bond acceptors (Lipinski definition) is 3. The molecular formula is C13H22N2O. The number of benzene rings is 1. The summed E-state index contributed by atoms with van der Waals surface area (Å²) in [5.74, 6) is 0.950. The summed E-state index contributed by atoms with van der Waals surface area (Å²) in [5, 5.41) is 3.37. The monoisotopic (exact) mass is 222 g/mol. The smallest absolute Gasteiger partial charge is 0.119 e. The van der Waals surface area contributed by atoms with Crippen LogP contribution in [-0.4, -0.2) is 25.7 Å². The molecule has 1 rings (SSSR count). The maximum Gasteiger partial charge on any atom is 0.119 e. The lowest BCUT2D eigenvalue weighted by atomic mass is 10.1. The number of rotatable bonds is 7. The molecule has 0 radical (unpaired) electrons. The summed E-state index contributed by atoms with van der Waals surface area (Å²) >= 11 is 0. The van der Waals surface area contributed by atoms with Crippen LogP contribution in [0.15, 0.2) is 24.3 Å². The Morgan fingerprint density at radius 1 is 1.44 bits per heavy atom. The second-order valence-electron chi connectivity index (χ2n) is 3.93. The molecule has 1 aromatic rings. The normalized spacial score (nSPS) is 12.4. The molecule has 0 aliphatic heterocycles. The second kappa shape index (κ2) is 7.25. The van der Waals surface area contributed by atoms with Crippen LogP contribution in [0.3, 0.4) is 0 Å². The lowest BCUT2D eigenvalue weighted by Gasteiger charge is -2.13. The Morgan fingerprint density at radius 2 is 2.25 bits per heavy atom. The number of hydrogen-bond donors (Lipinski definition) is 2. The largest absolute Gasteiger partial charge is 0.494 e. The summed E-state index contributed by atoms with van der Waals surface area (Å²) in [4.78, 5) is 0. The number of nitrogens with one attached hydrogen (secondary N) is 1. The van der Waals surface area contributed by atoms with Gasteiger partial charge in [0.2, 0.25) is 0 Å². The van der Waals surface area contributed by atoms with Crippen LogP contribution >= 0.6 is 0 Å². The van der Waals surface area contributed by atoms with Gasteiger partial charge in [0, 0.05) is 19.1 Å². The van der Waals surface area contributed by atoms with Crippen molar-refractivity contribution in [3.8, 4) is 5.75 Å². The first-order valence-electron chi connectivity index (χ1n) is 5.91. The van der Waals surface area contributed by atoms with Crippen molar-refractivity contribution in [1.82, 2.24) is 5.32 Å². The molecule has 1 atom stereocenters. The standard InChI is InChI=1S/C13H22N2O/c1-3-16-13-6-4-5-12(10-13)9-11(2)15-8-7-14/h4-6,10-11,15H,3,7-9,14H2,1-2H3. The van der Waals surface area contributed by atoms with E-state index in [9.17, 15) is 0 Å². The lowest BCUT2D eigenvalue weighted by Crippen LogP contribution is -2.32. The van der Waals surface area contributed by atoms with Crippen LogP contribution in [0.1, 0.15) is 19.4 Å². The number of nitrogens with two attached hydrogens (primary N) is 1. The minimum atomic E-state index is 0.445. The third kappa shape index (κ3) is 4.64. The van der Waals surface area contributed by atoms with Gasteiger partial charge < -0.3 is 15.8 Å². The summed E-state index contributed by atoms with van der Waals surface area (Å²) in [5.41, 5.74) is 6.75. The van der Waals surface area contributed by atoms with Crippen molar-refractivity contribution in [2.75, 3.05) is 19.7 Å². The first kappa shape index (κ1) is 13.0. The fourth-order valence-electron chi connectivity index (χ4n) is 1.68. The van der Waals surface area contributed by atoms with Crippen LogP contribution in [0.4, 0.5) is 0 Å². The molecule has 1 aromatic carbocycles. The maximum absolute atomic E-state index is 5.47. The highest BCUT2D eigenvalue weighted by atomic mass is 16.5. The maximum atomic E-state index is 5.47. The molecule has 16 heavy (non-hydrogen) atoms. The third-order valence-electron chi connectivity index (χ3n) is 2.39. The van der Waals surface area contributed by atoms with E-state index in [1.54, 1.807) is 0 Å². The fourth-order valence-corrected chi connectivity index (χ4v) is 1.68. The van der Waals surface area contributed by atoms with Gasteiger partial charge in [0.15, 0.2) is 0 Å². The molecule has 0 heterocycles. The predicted molar refractivity (Wildman–Crippen MR) is 67.8 cm³/mol. The minimum absolute atomic E-state index is 0.445. The van der Waals surface area contributed by atoms with E-state index in [1.807, 2.05) is 19.1 Å². The summed E-state index contributed by atoms with van der Waals surface area (Å²) in [6.07, 6.45) is 1.00. The van der Waals surface area contributed by atoms with E-state index in [4.69, 9.17) is 10.5 Å². The second-order valence-corrected chi connectivity index (χ2v) is 3.93. The summed E-state index contributed by atoms with van der Waals surface area (Å²) < 4.78 is 5.47. The number of ether oxygens (including phenoxy) is 1. The Morgan fingerprint density at radius 3 is 2.94 bits per heavy atom. The molecule has 0 bridgehead atoms. The van der Waals surface area contributed by atoms with Gasteiger partial charge in [-0.25, -0.2) is 0 Å². The Kier molecular flexibility index (Phi) is 5.90. The van der Waals surface area contributed by atoms with E-state index < -0.39 is 0 Å². The van der Waals surface area contributed by atoms with E-state index in [2.05, 4.69) is 24.4 Å². The minimum Gasteiger partial charge on any atom is -0.494 e. The summed E-state index contributed by atoms with van der Waals surface area (Å²) in [7, 11) is 0. The van der Waals surface area contributed by atoms with Gasteiger partial charge in [-0.3, -0.25) is 0 Å². The Hall–Kier alpha value is -1.06. The van der Waals surface area contributed by atoms with Crippen molar-refractivity contribution in [3.63, 3.8) is 0 Å². The molecule has 3 nitrogen and oxygen atoms in total. The van der Waals surface area contributed by atoms with Gasteiger partial charge in [0.05, 0.1) is 6.61 Å². The summed E-state index contributed by atoms with van der Waals surface area (Å²) in [6.45, 7) is 6.43. The topological polar surface area (TPSA) is 47.3 Å². The molecule has 90 valence electrons. The van der Waals surface area contributed by atoms with Gasteiger partial charge in [-0.1, -0.05) is 12.1 Å². The van der Waals surface area contributed by atoms with Gasteiger partial charge in [-0.15, -0.1) is 0 Å². The van der Waals surface area contributed by atoms with Crippen LogP contribution in [0.2, 0.25) is 0 Å². The van der Waals surface area contributed by atoms with Crippen molar-refractivity contribution in [1.29, 1.82) is 0 Å². The molecule has 0 spiro atoms. The molecule has 0 amide bonds. The van der Waals surface area contributed by atoms with Gasteiger partial charge in [-0.2, -0.15) is 0 Å². The Labute approximate surface area is 98.0 Å². The molecule has 0 saturated heterocycles. The van der Waals surface area contributed by atoms with Crippen LogP contribution < -0.4 is 15.8 Å². The lowest BCUT2D eigenvalue weighted by molar-refractivity contribution is 0.340. The van der Waals surface area contributed by atoms with Crippen molar-refractivity contribution >= 4 is 0 Å². The van der Waals surface area contributed by atoms with E-state index in [0.29, 0.717) is 19.2 Å². The van der Waals surface area contributed by atoms with Crippen LogP contribution in [0, 0.1) is 0 Å². The average molecular weight is 222 g/mol. The van der Waals surface area contributed by atoms with Crippen molar-refractivity contribution < 1.29 is 4.74 Å². The molecule has 0 aromatic heterocycles. The van der Waals surface area contributed by atoms with Crippen molar-refractivity contribution in [3.05, 3.63) is 29.8 Å². The van der Waals surface area contributed by atoms with Crippen molar-refractivity contribution in [2.45, 2.75) is 26.3 Å². The predicted octanol–water partition coefficient (Wildman–Crippen LogP) is 1.56. The molecule has 3 N–H and O–H groups in total.